The van der Waals surface area contributed by atoms with Crippen molar-refractivity contribution in [1.82, 2.24) is 52.1 Å². The van der Waals surface area contributed by atoms with Crippen molar-refractivity contribution in [2.24, 2.45) is 22.7 Å². The summed E-state index contributed by atoms with van der Waals surface area (Å²) in [7, 11) is 0. The summed E-state index contributed by atoms with van der Waals surface area (Å²) in [5, 5.41) is 54.2. The summed E-state index contributed by atoms with van der Waals surface area (Å²) >= 11 is 3.45. The number of aliphatic carboxylic acids is 2. The van der Waals surface area contributed by atoms with E-state index in [1.54, 1.807) is 53.7 Å². The topological polar surface area (TPSA) is 340 Å². The molecule has 492 valence electrons. The van der Waals surface area contributed by atoms with E-state index >= 15 is 0 Å². The summed E-state index contributed by atoms with van der Waals surface area (Å²) < 4.78 is 11.5. The van der Waals surface area contributed by atoms with Gasteiger partial charge in [-0.25, -0.2) is 10.9 Å². The molecule has 24 nitrogen and oxygen atoms in total. The van der Waals surface area contributed by atoms with Gasteiger partial charge in [0.05, 0.1) is 47.7 Å². The fourth-order valence-corrected chi connectivity index (χ4v) is 10.7. The van der Waals surface area contributed by atoms with Gasteiger partial charge in [0.25, 0.3) is 11.8 Å². The molecule has 2 unspecified atom stereocenters. The van der Waals surface area contributed by atoms with E-state index in [1.807, 2.05) is 74.5 Å². The minimum absolute atomic E-state index is 0. The number of fused-ring (bicyclic) bond motifs is 2. The number of nitrogens with one attached hydrogen (secondary N) is 6. The lowest BCUT2D eigenvalue weighted by atomic mass is 9.82. The fraction of sp³-hybridized carbons (Fsp3) is 0.538. The predicted molar refractivity (Wildman–Crippen MR) is 343 cm³/mol. The van der Waals surface area contributed by atoms with Crippen LogP contribution in [-0.2, 0) is 47.8 Å². The molecule has 0 bridgehead atoms. The van der Waals surface area contributed by atoms with Crippen molar-refractivity contribution in [3.8, 4) is 0 Å². The van der Waals surface area contributed by atoms with E-state index in [4.69, 9.17) is 19.6 Å². The number of nitrogens with zero attached hydrogens (tertiary/aromatic N) is 4. The van der Waals surface area contributed by atoms with E-state index in [-0.39, 0.29) is 56.2 Å². The van der Waals surface area contributed by atoms with Gasteiger partial charge in [-0.15, -0.1) is 6.58 Å². The molecule has 4 saturated heterocycles. The molecule has 4 fully saturated rings. The Morgan fingerprint density at radius 1 is 0.622 bits per heavy atom. The van der Waals surface area contributed by atoms with Crippen LogP contribution < -0.4 is 32.1 Å². The molecule has 6 amide bonds. The van der Waals surface area contributed by atoms with Crippen molar-refractivity contribution in [2.75, 3.05) is 39.5 Å². The SMILES string of the molecule is C.C=CC1(C(=O)O)CCCOC1.CC(C)[C@H](O)C(=O)N[C@@H](C)C(=O)N1CCC[C@@H](C(=O)N[C@H](C)c2ccc3ccc(/C=C/C4(C(=O)O)CCCOC4)cc3n2)N1.CC(C)[C@H](O)C(=O)N[C@@H](C)C(=O)N1CCC[C@@H](C(=O)N[C@H](C)c2ccc3ccc(Br)cc3n2)N1. The largest absolute Gasteiger partial charge is 0.481 e. The number of amides is 6. The summed E-state index contributed by atoms with van der Waals surface area (Å²) in [4.78, 5) is 108. The minimum Gasteiger partial charge on any atom is -0.481 e. The number of pyridine rings is 2. The Labute approximate surface area is 534 Å². The second kappa shape index (κ2) is 33.7. The molecule has 0 aliphatic carbocycles. The first kappa shape index (κ1) is 73.5. The molecule has 0 radical (unpaired) electrons. The zero-order valence-corrected chi connectivity index (χ0v) is 53.5. The molecule has 6 heterocycles. The van der Waals surface area contributed by atoms with Crippen LogP contribution in [0, 0.1) is 22.7 Å². The second-order valence-corrected chi connectivity index (χ2v) is 24.9. The maximum Gasteiger partial charge on any atom is 0.315 e. The van der Waals surface area contributed by atoms with E-state index in [0.717, 1.165) is 38.4 Å². The maximum absolute atomic E-state index is 13.2. The molecule has 90 heavy (non-hydrogen) atoms. The highest BCUT2D eigenvalue weighted by molar-refractivity contribution is 9.10. The highest BCUT2D eigenvalue weighted by atomic mass is 79.9. The van der Waals surface area contributed by atoms with Crippen molar-refractivity contribution in [1.29, 1.82) is 0 Å². The van der Waals surface area contributed by atoms with Crippen LogP contribution in [0.2, 0.25) is 0 Å². The molecule has 8 rings (SSSR count). The van der Waals surface area contributed by atoms with E-state index < -0.39 is 82.9 Å². The summed E-state index contributed by atoms with van der Waals surface area (Å²) in [5.74, 6) is -4.76. The van der Waals surface area contributed by atoms with Crippen LogP contribution in [0.5, 0.6) is 0 Å². The number of aliphatic hydroxyl groups excluding tert-OH is 2. The number of hydrazine groups is 2. The summed E-state index contributed by atoms with van der Waals surface area (Å²) in [5.41, 5.74) is 7.85. The highest BCUT2D eigenvalue weighted by Crippen LogP contribution is 2.33. The first-order chi connectivity index (χ1) is 42.2. The molecule has 4 aromatic rings. The number of halogens is 1. The van der Waals surface area contributed by atoms with Gasteiger partial charge >= 0.3 is 11.9 Å². The Kier molecular flexibility index (Phi) is 27.5. The number of benzene rings is 2. The number of carboxylic acids is 2. The zero-order chi connectivity index (χ0) is 65.3. The lowest BCUT2D eigenvalue weighted by Gasteiger charge is -2.35. The third kappa shape index (κ3) is 19.6. The third-order valence-corrected chi connectivity index (χ3v) is 16.7. The van der Waals surface area contributed by atoms with Crippen LogP contribution in [0.3, 0.4) is 0 Å². The standard InChI is InChI=1S/C32H43N5O7.C24H32BrN5O4.C8H12O3.CH4/c1-19(2)27(38)29(40)34-21(4)30(41)37-15-5-7-25(36-37)28(39)33-20(3)24-11-10-23-9-8-22(17-26(23)35-24)12-14-32(31(42)43)13-6-16-44-18-32;1-13(2)21(31)23(33)27-15(4)24(34)30-11-5-6-19(29-30)22(32)26-14(3)18-10-8-16-7-9-17(25)12-20(16)28-18;1-2-8(7(9)10)4-3-5-11-6-8;/h8-12,14,17,19-21,25,27,36,38H,5-7,13,15-16,18H2,1-4H3,(H,33,39)(H,34,40)(H,42,43);7-10,12-15,19,21,29,31H,5-6,11H2,1-4H3,(H,26,32)(H,27,33);2H,1,3-6H2,(H,9,10);1H4/b14-12+;;;/t20-,21+,25+,27+,32?;14-,15+,19+,21+;;/m11../s1. The van der Waals surface area contributed by atoms with Crippen LogP contribution in [-0.4, -0.2) is 164 Å². The van der Waals surface area contributed by atoms with Gasteiger partial charge in [0.2, 0.25) is 23.6 Å². The first-order valence-electron chi connectivity index (χ1n) is 30.3. The lowest BCUT2D eigenvalue weighted by Crippen LogP contribution is -2.61. The zero-order valence-electron chi connectivity index (χ0n) is 51.9. The smallest absolute Gasteiger partial charge is 0.315 e. The van der Waals surface area contributed by atoms with Crippen molar-refractivity contribution >= 4 is 91.2 Å². The highest BCUT2D eigenvalue weighted by Gasteiger charge is 2.40. The summed E-state index contributed by atoms with van der Waals surface area (Å²) in [6, 6.07) is 15.5. The quantitative estimate of drug-likeness (QED) is 0.0467. The van der Waals surface area contributed by atoms with Crippen LogP contribution >= 0.6 is 15.9 Å². The van der Waals surface area contributed by atoms with Gasteiger partial charge < -0.3 is 51.2 Å². The number of carbonyl (C=O) groups is 8. The molecule has 0 saturated carbocycles. The number of aliphatic hydroxyl groups is 2. The molecule has 4 aliphatic heterocycles. The predicted octanol–water partition coefficient (Wildman–Crippen LogP) is 6.21. The first-order valence-corrected chi connectivity index (χ1v) is 31.1. The van der Waals surface area contributed by atoms with Gasteiger partial charge in [-0.05, 0) is 127 Å². The van der Waals surface area contributed by atoms with Crippen LogP contribution in [0.1, 0.15) is 143 Å². The van der Waals surface area contributed by atoms with Crippen molar-refractivity contribution in [3.05, 3.63) is 101 Å². The molecule has 0 spiro atoms. The molecule has 2 aromatic heterocycles. The number of carbonyl (C=O) groups excluding carboxylic acids is 6. The van der Waals surface area contributed by atoms with E-state index in [1.165, 1.54) is 16.1 Å². The number of carboxylic acid groups (broad SMARTS) is 2. The number of hydrogen-bond donors (Lipinski definition) is 10. The van der Waals surface area contributed by atoms with Gasteiger partial charge in [-0.1, -0.05) is 99.6 Å². The summed E-state index contributed by atoms with van der Waals surface area (Å²) in [6.07, 6.45) is 7.58. The van der Waals surface area contributed by atoms with E-state index in [0.29, 0.717) is 82.5 Å². The number of hydrogen-bond acceptors (Lipinski definition) is 16. The minimum atomic E-state index is -1.22. The Balaban J connectivity index is 0.000000283. The van der Waals surface area contributed by atoms with Gasteiger partial charge in [-0.2, -0.15) is 0 Å². The third-order valence-electron chi connectivity index (χ3n) is 16.2. The number of ether oxygens (including phenoxy) is 2. The maximum atomic E-state index is 13.2. The van der Waals surface area contributed by atoms with Gasteiger partial charge in [0.15, 0.2) is 0 Å². The number of rotatable bonds is 19. The van der Waals surface area contributed by atoms with Crippen molar-refractivity contribution in [2.45, 2.75) is 163 Å². The van der Waals surface area contributed by atoms with E-state index in [9.17, 15) is 53.7 Å². The van der Waals surface area contributed by atoms with E-state index in [2.05, 4.69) is 59.6 Å². The van der Waals surface area contributed by atoms with Gasteiger partial charge in [0.1, 0.15) is 47.2 Å². The summed E-state index contributed by atoms with van der Waals surface area (Å²) in [6.45, 7) is 19.6. The molecule has 10 N–H and O–H groups in total. The molecule has 10 atom stereocenters. The average molecular weight is 1320 g/mol. The molecular weight excluding hydrogens is 1220 g/mol. The molecule has 4 aliphatic rings. The number of aromatic nitrogens is 2. The van der Waals surface area contributed by atoms with Crippen LogP contribution in [0.25, 0.3) is 27.9 Å². The normalized spacial score (nSPS) is 22.1. The Morgan fingerprint density at radius 2 is 1.04 bits per heavy atom. The Hall–Kier alpha value is -7.26. The van der Waals surface area contributed by atoms with Crippen molar-refractivity contribution in [3.63, 3.8) is 0 Å². The Bertz CT molecular complexity index is 3210. The van der Waals surface area contributed by atoms with Gasteiger partial charge in [0, 0.05) is 41.5 Å². The Morgan fingerprint density at radius 3 is 1.44 bits per heavy atom. The molecule has 25 heteroatoms. The monoisotopic (exact) mass is 1310 g/mol. The average Bonchev–Trinajstić information content (AvgIpc) is 3.71. The van der Waals surface area contributed by atoms with Gasteiger partial charge in [-0.3, -0.25) is 58.3 Å². The molecular formula is C65H91BrN10O14. The lowest BCUT2D eigenvalue weighted by molar-refractivity contribution is -0.153. The second-order valence-electron chi connectivity index (χ2n) is 24.0. The van der Waals surface area contributed by atoms with Crippen LogP contribution in [0.15, 0.2) is 83.9 Å². The fourth-order valence-electron chi connectivity index (χ4n) is 10.4. The molecule has 2 aromatic carbocycles. The van der Waals surface area contributed by atoms with Crippen LogP contribution in [0.4, 0.5) is 0 Å². The van der Waals surface area contributed by atoms with Crippen molar-refractivity contribution < 1.29 is 68.3 Å².